The number of benzene rings is 1. The minimum absolute atomic E-state index is 0.184. The zero-order chi connectivity index (χ0) is 17.8. The van der Waals surface area contributed by atoms with E-state index in [1.165, 1.54) is 5.56 Å². The van der Waals surface area contributed by atoms with Gasteiger partial charge in [0.1, 0.15) is 0 Å². The van der Waals surface area contributed by atoms with Gasteiger partial charge >= 0.3 is 0 Å². The smallest absolute Gasteiger partial charge is 0.257 e. The Balaban J connectivity index is 2.12. The topological polar surface area (TPSA) is 38.1 Å². The van der Waals surface area contributed by atoms with Crippen molar-refractivity contribution in [1.82, 2.24) is 14.7 Å². The van der Waals surface area contributed by atoms with E-state index in [-0.39, 0.29) is 5.91 Å². The molecular formula is C21H29N3O. The molecule has 0 spiro atoms. The zero-order valence-electron chi connectivity index (χ0n) is 15.7. The largest absolute Gasteiger partial charge is 0.339 e. The Morgan fingerprint density at radius 2 is 1.84 bits per heavy atom. The standard InChI is InChI=1S/C21H29N3O/c1-4-9-18-20(21(25)23-13-6-7-14-23)19(10-5-2)24(22-18)17-12-8-11-16(3)15-17/h8,11-12,15H,4-7,9-10,13-14H2,1-3H3. The molecule has 3 rings (SSSR count). The van der Waals surface area contributed by atoms with Crippen molar-refractivity contribution in [2.24, 2.45) is 0 Å². The van der Waals surface area contributed by atoms with Crippen molar-refractivity contribution in [3.8, 4) is 5.69 Å². The van der Waals surface area contributed by atoms with Crippen LogP contribution in [0.4, 0.5) is 0 Å². The van der Waals surface area contributed by atoms with E-state index in [0.717, 1.165) is 74.3 Å². The highest BCUT2D eigenvalue weighted by atomic mass is 16.2. The maximum Gasteiger partial charge on any atom is 0.257 e. The van der Waals surface area contributed by atoms with Gasteiger partial charge in [0.05, 0.1) is 22.6 Å². The van der Waals surface area contributed by atoms with E-state index in [0.29, 0.717) is 0 Å². The summed E-state index contributed by atoms with van der Waals surface area (Å²) in [5, 5.41) is 4.89. The number of carbonyl (C=O) groups is 1. The van der Waals surface area contributed by atoms with Gasteiger partial charge in [0, 0.05) is 13.1 Å². The van der Waals surface area contributed by atoms with Gasteiger partial charge < -0.3 is 4.90 Å². The maximum absolute atomic E-state index is 13.2. The van der Waals surface area contributed by atoms with Crippen LogP contribution in [0, 0.1) is 6.92 Å². The van der Waals surface area contributed by atoms with Crippen LogP contribution in [-0.4, -0.2) is 33.7 Å². The van der Waals surface area contributed by atoms with Crippen molar-refractivity contribution in [3.05, 3.63) is 46.8 Å². The number of carbonyl (C=O) groups excluding carboxylic acids is 1. The zero-order valence-corrected chi connectivity index (χ0v) is 15.7. The van der Waals surface area contributed by atoms with Crippen LogP contribution in [-0.2, 0) is 12.8 Å². The fraction of sp³-hybridized carbons (Fsp3) is 0.524. The average molecular weight is 339 g/mol. The van der Waals surface area contributed by atoms with Crippen molar-refractivity contribution in [3.63, 3.8) is 0 Å². The summed E-state index contributed by atoms with van der Waals surface area (Å²) in [6.45, 7) is 8.17. The molecular weight excluding hydrogens is 310 g/mol. The summed E-state index contributed by atoms with van der Waals surface area (Å²) >= 11 is 0. The van der Waals surface area contributed by atoms with Crippen LogP contribution in [0.1, 0.15) is 66.8 Å². The van der Waals surface area contributed by atoms with Crippen LogP contribution in [0.25, 0.3) is 5.69 Å². The molecule has 1 aliphatic heterocycles. The molecule has 1 saturated heterocycles. The van der Waals surface area contributed by atoms with Gasteiger partial charge in [-0.15, -0.1) is 0 Å². The molecule has 4 nitrogen and oxygen atoms in total. The number of hydrogen-bond acceptors (Lipinski definition) is 2. The highest BCUT2D eigenvalue weighted by Gasteiger charge is 2.28. The third kappa shape index (κ3) is 3.63. The number of rotatable bonds is 6. The summed E-state index contributed by atoms with van der Waals surface area (Å²) in [5.41, 5.74) is 5.17. The van der Waals surface area contributed by atoms with E-state index in [1.807, 2.05) is 9.58 Å². The lowest BCUT2D eigenvalue weighted by molar-refractivity contribution is 0.0790. The molecule has 1 aliphatic rings. The summed E-state index contributed by atoms with van der Waals surface area (Å²) < 4.78 is 2.02. The second kappa shape index (κ2) is 7.85. The van der Waals surface area contributed by atoms with E-state index in [2.05, 4.69) is 45.0 Å². The molecule has 2 heterocycles. The van der Waals surface area contributed by atoms with Crippen LogP contribution in [0.15, 0.2) is 24.3 Å². The minimum atomic E-state index is 0.184. The molecule has 25 heavy (non-hydrogen) atoms. The normalized spacial score (nSPS) is 14.3. The summed E-state index contributed by atoms with van der Waals surface area (Å²) in [6, 6.07) is 8.38. The highest BCUT2D eigenvalue weighted by molar-refractivity contribution is 5.97. The van der Waals surface area contributed by atoms with Gasteiger partial charge in [-0.25, -0.2) is 4.68 Å². The van der Waals surface area contributed by atoms with E-state index < -0.39 is 0 Å². The lowest BCUT2D eigenvalue weighted by Crippen LogP contribution is -2.29. The van der Waals surface area contributed by atoms with Crippen molar-refractivity contribution < 1.29 is 4.79 Å². The molecule has 1 fully saturated rings. The molecule has 2 aromatic rings. The first-order valence-corrected chi connectivity index (χ1v) is 9.62. The molecule has 4 heteroatoms. The van der Waals surface area contributed by atoms with Gasteiger partial charge in [-0.3, -0.25) is 4.79 Å². The number of nitrogens with zero attached hydrogens (tertiary/aromatic N) is 3. The van der Waals surface area contributed by atoms with Crippen molar-refractivity contribution in [1.29, 1.82) is 0 Å². The van der Waals surface area contributed by atoms with Crippen molar-refractivity contribution >= 4 is 5.91 Å². The summed E-state index contributed by atoms with van der Waals surface area (Å²) in [5.74, 6) is 0.184. The maximum atomic E-state index is 13.2. The Labute approximate surface area is 150 Å². The number of hydrogen-bond donors (Lipinski definition) is 0. The SMILES string of the molecule is CCCc1nn(-c2cccc(C)c2)c(CCC)c1C(=O)N1CCCC1. The van der Waals surface area contributed by atoms with Gasteiger partial charge in [-0.1, -0.05) is 38.8 Å². The molecule has 0 saturated carbocycles. The van der Waals surface area contributed by atoms with Gasteiger partial charge in [-0.05, 0) is 50.3 Å². The van der Waals surface area contributed by atoms with Crippen LogP contribution < -0.4 is 0 Å². The first kappa shape index (κ1) is 17.7. The molecule has 1 aromatic carbocycles. The van der Waals surface area contributed by atoms with E-state index in [9.17, 15) is 4.79 Å². The van der Waals surface area contributed by atoms with E-state index in [4.69, 9.17) is 5.10 Å². The number of aryl methyl sites for hydroxylation is 2. The molecule has 0 unspecified atom stereocenters. The molecule has 0 radical (unpaired) electrons. The average Bonchev–Trinajstić information content (AvgIpc) is 3.24. The number of likely N-dealkylation sites (tertiary alicyclic amines) is 1. The first-order chi connectivity index (χ1) is 12.2. The monoisotopic (exact) mass is 339 g/mol. The van der Waals surface area contributed by atoms with Crippen molar-refractivity contribution in [2.45, 2.75) is 59.3 Å². The van der Waals surface area contributed by atoms with Crippen LogP contribution in [0.5, 0.6) is 0 Å². The molecule has 0 N–H and O–H groups in total. The van der Waals surface area contributed by atoms with Crippen LogP contribution in [0.2, 0.25) is 0 Å². The van der Waals surface area contributed by atoms with Crippen molar-refractivity contribution in [2.75, 3.05) is 13.1 Å². The fourth-order valence-corrected chi connectivity index (χ4v) is 3.68. The minimum Gasteiger partial charge on any atom is -0.339 e. The predicted octanol–water partition coefficient (Wildman–Crippen LogP) is 4.32. The lowest BCUT2D eigenvalue weighted by Gasteiger charge is -2.17. The van der Waals surface area contributed by atoms with Crippen LogP contribution >= 0.6 is 0 Å². The summed E-state index contributed by atoms with van der Waals surface area (Å²) in [6.07, 6.45) is 5.96. The highest BCUT2D eigenvalue weighted by Crippen LogP contribution is 2.25. The molecule has 0 bridgehead atoms. The number of aromatic nitrogens is 2. The van der Waals surface area contributed by atoms with Crippen LogP contribution in [0.3, 0.4) is 0 Å². The Morgan fingerprint density at radius 3 is 2.48 bits per heavy atom. The third-order valence-corrected chi connectivity index (χ3v) is 4.88. The predicted molar refractivity (Wildman–Crippen MR) is 101 cm³/mol. The Morgan fingerprint density at radius 1 is 1.12 bits per heavy atom. The Hall–Kier alpha value is -2.10. The second-order valence-electron chi connectivity index (χ2n) is 7.02. The van der Waals surface area contributed by atoms with Gasteiger partial charge in [0.25, 0.3) is 5.91 Å². The molecule has 1 amide bonds. The van der Waals surface area contributed by atoms with Gasteiger partial charge in [0.2, 0.25) is 0 Å². The Bertz CT molecular complexity index is 742. The Kier molecular flexibility index (Phi) is 5.57. The molecule has 134 valence electrons. The van der Waals surface area contributed by atoms with Gasteiger partial charge in [-0.2, -0.15) is 5.10 Å². The van der Waals surface area contributed by atoms with E-state index in [1.54, 1.807) is 0 Å². The van der Waals surface area contributed by atoms with E-state index >= 15 is 0 Å². The fourth-order valence-electron chi connectivity index (χ4n) is 3.68. The van der Waals surface area contributed by atoms with Gasteiger partial charge in [0.15, 0.2) is 0 Å². The molecule has 0 atom stereocenters. The molecule has 0 aliphatic carbocycles. The first-order valence-electron chi connectivity index (χ1n) is 9.62. The third-order valence-electron chi connectivity index (χ3n) is 4.88. The summed E-state index contributed by atoms with van der Waals surface area (Å²) in [7, 11) is 0. The summed E-state index contributed by atoms with van der Waals surface area (Å²) in [4.78, 5) is 15.2. The molecule has 1 aromatic heterocycles. The number of amides is 1. The lowest BCUT2D eigenvalue weighted by atomic mass is 10.0. The second-order valence-corrected chi connectivity index (χ2v) is 7.02. The quantitative estimate of drug-likeness (QED) is 0.786.